The molecular weight excluding hydrogens is 290 g/mol. The first kappa shape index (κ1) is 14.1. The molecule has 2 aliphatic heterocycles. The lowest BCUT2D eigenvalue weighted by Crippen LogP contribution is -2.66. The Bertz CT molecular complexity index is 572. The Hall–Kier alpha value is -1.89. The van der Waals surface area contributed by atoms with Gasteiger partial charge in [-0.1, -0.05) is 0 Å². The van der Waals surface area contributed by atoms with Gasteiger partial charge in [0.05, 0.1) is 19.5 Å². The smallest absolute Gasteiger partial charge is 0.247 e. The van der Waals surface area contributed by atoms with E-state index >= 15 is 0 Å². The van der Waals surface area contributed by atoms with Crippen molar-refractivity contribution in [3.63, 3.8) is 0 Å². The van der Waals surface area contributed by atoms with Gasteiger partial charge in [-0.05, 0) is 22.4 Å². The molecule has 0 saturated carbocycles. The van der Waals surface area contributed by atoms with Crippen LogP contribution < -0.4 is 0 Å². The van der Waals surface area contributed by atoms with E-state index in [1.54, 1.807) is 28.2 Å². The van der Waals surface area contributed by atoms with Crippen LogP contribution in [-0.2, 0) is 20.8 Å². The lowest BCUT2D eigenvalue weighted by atomic mass is 10.1. The highest BCUT2D eigenvalue weighted by molar-refractivity contribution is 7.08. The molecule has 0 spiro atoms. The van der Waals surface area contributed by atoms with Gasteiger partial charge >= 0.3 is 0 Å². The summed E-state index contributed by atoms with van der Waals surface area (Å²) in [5.41, 5.74) is 0.996. The molecule has 0 bridgehead atoms. The second kappa shape index (κ2) is 5.48. The number of likely N-dealkylation sites (N-methyl/N-ethyl adjacent to an activating group) is 1. The van der Waals surface area contributed by atoms with Gasteiger partial charge in [0, 0.05) is 20.1 Å². The van der Waals surface area contributed by atoms with Crippen LogP contribution in [0.1, 0.15) is 5.56 Å². The molecule has 6 nitrogen and oxygen atoms in total. The van der Waals surface area contributed by atoms with Crippen LogP contribution in [-0.4, -0.2) is 71.7 Å². The van der Waals surface area contributed by atoms with Gasteiger partial charge in [-0.3, -0.25) is 14.4 Å². The van der Waals surface area contributed by atoms with Crippen molar-refractivity contribution < 1.29 is 14.4 Å². The average Bonchev–Trinajstić information content (AvgIpc) is 2.97. The Morgan fingerprint density at radius 3 is 2.90 bits per heavy atom. The number of thiophene rings is 1. The number of rotatable bonds is 2. The van der Waals surface area contributed by atoms with Crippen molar-refractivity contribution in [2.75, 3.05) is 33.2 Å². The van der Waals surface area contributed by atoms with Gasteiger partial charge in [0.15, 0.2) is 0 Å². The third-order valence-electron chi connectivity index (χ3n) is 4.02. The molecule has 2 aliphatic rings. The van der Waals surface area contributed by atoms with Crippen LogP contribution >= 0.6 is 11.3 Å². The van der Waals surface area contributed by atoms with E-state index in [0.717, 1.165) is 5.56 Å². The molecule has 2 fully saturated rings. The summed E-state index contributed by atoms with van der Waals surface area (Å²) in [7, 11) is 1.63. The van der Waals surface area contributed by atoms with Crippen molar-refractivity contribution in [3.8, 4) is 0 Å². The molecule has 0 radical (unpaired) electrons. The van der Waals surface area contributed by atoms with Crippen LogP contribution in [0.4, 0.5) is 0 Å². The maximum absolute atomic E-state index is 12.3. The Labute approximate surface area is 126 Å². The first-order valence-electron chi connectivity index (χ1n) is 6.89. The van der Waals surface area contributed by atoms with Crippen LogP contribution in [0, 0.1) is 0 Å². The number of nitrogens with zero attached hydrogens (tertiary/aromatic N) is 3. The minimum absolute atomic E-state index is 0.0153. The molecule has 21 heavy (non-hydrogen) atoms. The van der Waals surface area contributed by atoms with Crippen molar-refractivity contribution in [1.82, 2.24) is 14.7 Å². The van der Waals surface area contributed by atoms with Crippen LogP contribution in [0.2, 0.25) is 0 Å². The van der Waals surface area contributed by atoms with Crippen LogP contribution in [0.15, 0.2) is 16.8 Å². The number of piperazine rings is 2. The quantitative estimate of drug-likeness (QED) is 0.760. The molecule has 112 valence electrons. The van der Waals surface area contributed by atoms with E-state index in [4.69, 9.17) is 0 Å². The number of fused-ring (bicyclic) bond motifs is 1. The Morgan fingerprint density at radius 1 is 1.38 bits per heavy atom. The monoisotopic (exact) mass is 307 g/mol. The van der Waals surface area contributed by atoms with E-state index in [1.165, 1.54) is 4.90 Å². The Kier molecular flexibility index (Phi) is 3.67. The maximum Gasteiger partial charge on any atom is 0.247 e. The molecular formula is C14H17N3O3S. The summed E-state index contributed by atoms with van der Waals surface area (Å²) in [6.07, 6.45) is 0.355. The molecule has 0 aliphatic carbocycles. The molecule has 1 aromatic rings. The van der Waals surface area contributed by atoms with Gasteiger partial charge in [-0.25, -0.2) is 0 Å². The number of hydrogen-bond acceptors (Lipinski definition) is 4. The zero-order chi connectivity index (χ0) is 15.0. The molecule has 3 heterocycles. The van der Waals surface area contributed by atoms with Crippen LogP contribution in [0.5, 0.6) is 0 Å². The summed E-state index contributed by atoms with van der Waals surface area (Å²) in [6, 6.07) is 1.42. The van der Waals surface area contributed by atoms with Gasteiger partial charge in [-0.15, -0.1) is 0 Å². The number of carbonyl (C=O) groups is 3. The molecule has 7 heteroatoms. The topological polar surface area (TPSA) is 60.9 Å². The van der Waals surface area contributed by atoms with Crippen molar-refractivity contribution in [3.05, 3.63) is 22.4 Å². The minimum Gasteiger partial charge on any atom is -0.338 e. The summed E-state index contributed by atoms with van der Waals surface area (Å²) < 4.78 is 0. The molecule has 3 rings (SSSR count). The van der Waals surface area contributed by atoms with Crippen molar-refractivity contribution in [1.29, 1.82) is 0 Å². The van der Waals surface area contributed by atoms with E-state index < -0.39 is 6.04 Å². The lowest BCUT2D eigenvalue weighted by Gasteiger charge is -2.45. The summed E-state index contributed by atoms with van der Waals surface area (Å²) in [4.78, 5) is 41.2. The lowest BCUT2D eigenvalue weighted by molar-refractivity contribution is -0.160. The predicted molar refractivity (Wildman–Crippen MR) is 77.7 cm³/mol. The minimum atomic E-state index is -0.517. The van der Waals surface area contributed by atoms with E-state index in [2.05, 4.69) is 0 Å². The second-order valence-corrected chi connectivity index (χ2v) is 6.23. The fraction of sp³-hybridized carbons (Fsp3) is 0.500. The fourth-order valence-corrected chi connectivity index (χ4v) is 3.49. The van der Waals surface area contributed by atoms with E-state index in [0.29, 0.717) is 26.1 Å². The molecule has 0 N–H and O–H groups in total. The number of carbonyl (C=O) groups excluding carboxylic acids is 3. The first-order valence-corrected chi connectivity index (χ1v) is 7.84. The average molecular weight is 307 g/mol. The molecule has 1 aromatic heterocycles. The third kappa shape index (κ3) is 2.65. The largest absolute Gasteiger partial charge is 0.338 e. The van der Waals surface area contributed by atoms with Gasteiger partial charge in [0.25, 0.3) is 0 Å². The Morgan fingerprint density at radius 2 is 2.19 bits per heavy atom. The number of amides is 3. The van der Waals surface area contributed by atoms with Crippen molar-refractivity contribution in [2.24, 2.45) is 0 Å². The normalized spacial score (nSPS) is 22.5. The van der Waals surface area contributed by atoms with E-state index in [9.17, 15) is 14.4 Å². The summed E-state index contributed by atoms with van der Waals surface area (Å²) >= 11 is 1.56. The highest BCUT2D eigenvalue weighted by atomic mass is 32.1. The molecule has 1 unspecified atom stereocenters. The molecule has 2 saturated heterocycles. The maximum atomic E-state index is 12.3. The van der Waals surface area contributed by atoms with Crippen molar-refractivity contribution >= 4 is 29.1 Å². The second-order valence-electron chi connectivity index (χ2n) is 5.45. The van der Waals surface area contributed by atoms with Gasteiger partial charge in [0.1, 0.15) is 6.04 Å². The zero-order valence-electron chi connectivity index (χ0n) is 11.8. The molecule has 0 aromatic carbocycles. The fourth-order valence-electron chi connectivity index (χ4n) is 2.83. The highest BCUT2D eigenvalue weighted by Crippen LogP contribution is 2.18. The Balaban J connectivity index is 1.69. The highest BCUT2D eigenvalue weighted by Gasteiger charge is 2.42. The summed E-state index contributed by atoms with van der Waals surface area (Å²) in [6.45, 7) is 1.39. The standard InChI is InChI=1S/C14H17N3O3S/c1-15-8-13(19)17-4-3-16(7-11(17)14(15)20)12(18)6-10-2-5-21-9-10/h2,5,9,11H,3-4,6-8H2,1H3. The van der Waals surface area contributed by atoms with Crippen molar-refractivity contribution in [2.45, 2.75) is 12.5 Å². The summed E-state index contributed by atoms with van der Waals surface area (Å²) in [5.74, 6) is -0.101. The predicted octanol–water partition coefficient (Wildman–Crippen LogP) is -0.198. The first-order chi connectivity index (χ1) is 10.1. The van der Waals surface area contributed by atoms with Gasteiger partial charge in [0.2, 0.25) is 17.7 Å². The van der Waals surface area contributed by atoms with Crippen LogP contribution in [0.25, 0.3) is 0 Å². The van der Waals surface area contributed by atoms with E-state index in [1.807, 2.05) is 16.8 Å². The third-order valence-corrected chi connectivity index (χ3v) is 4.75. The van der Waals surface area contributed by atoms with E-state index in [-0.39, 0.29) is 24.3 Å². The van der Waals surface area contributed by atoms with Crippen LogP contribution in [0.3, 0.4) is 0 Å². The molecule has 3 amide bonds. The SMILES string of the molecule is CN1CC(=O)N2CCN(C(=O)Cc3ccsc3)CC2C1=O. The van der Waals surface area contributed by atoms with Gasteiger partial charge < -0.3 is 14.7 Å². The summed E-state index contributed by atoms with van der Waals surface area (Å²) in [5, 5.41) is 3.90. The zero-order valence-corrected chi connectivity index (χ0v) is 12.6. The number of hydrogen-bond donors (Lipinski definition) is 0. The molecule has 1 atom stereocenters. The van der Waals surface area contributed by atoms with Gasteiger partial charge in [-0.2, -0.15) is 11.3 Å².